The number of nitrogens with zero attached hydrogens (tertiary/aromatic N) is 2. The summed E-state index contributed by atoms with van der Waals surface area (Å²) in [5.74, 6) is 0. The average molecular weight is 277 g/mol. The summed E-state index contributed by atoms with van der Waals surface area (Å²) >= 11 is 9.22. The van der Waals surface area contributed by atoms with Crippen LogP contribution in [0.3, 0.4) is 0 Å². The zero-order valence-electron chi connectivity index (χ0n) is 7.58. The summed E-state index contributed by atoms with van der Waals surface area (Å²) in [6.07, 6.45) is 4.07. The minimum atomic E-state index is 0.106. The van der Waals surface area contributed by atoms with Gasteiger partial charge in [0.05, 0.1) is 23.1 Å². The molecule has 1 fully saturated rings. The van der Waals surface area contributed by atoms with Crippen LogP contribution in [-0.4, -0.2) is 17.7 Å². The van der Waals surface area contributed by atoms with E-state index >= 15 is 0 Å². The summed E-state index contributed by atoms with van der Waals surface area (Å²) < 4.78 is 0.677. The Morgan fingerprint density at radius 2 is 2.43 bits per heavy atom. The number of aromatic nitrogens is 1. The van der Waals surface area contributed by atoms with Crippen molar-refractivity contribution < 1.29 is 0 Å². The van der Waals surface area contributed by atoms with Crippen LogP contribution >= 0.6 is 27.5 Å². The van der Waals surface area contributed by atoms with Crippen molar-refractivity contribution in [2.45, 2.75) is 19.0 Å². The second-order valence-electron chi connectivity index (χ2n) is 3.37. The molecule has 5 heteroatoms. The third kappa shape index (κ3) is 1.87. The molecule has 76 valence electrons. The number of pyridine rings is 1. The van der Waals surface area contributed by atoms with Crippen LogP contribution in [0.15, 0.2) is 16.9 Å². The van der Waals surface area contributed by atoms with Crippen molar-refractivity contribution in [3.05, 3.63) is 21.9 Å². The molecular weight excluding hydrogens is 265 g/mol. The summed E-state index contributed by atoms with van der Waals surface area (Å²) in [6.45, 7) is 0.987. The molecule has 1 aliphatic rings. The first-order valence-corrected chi connectivity index (χ1v) is 5.69. The van der Waals surface area contributed by atoms with Gasteiger partial charge in [-0.2, -0.15) is 0 Å². The van der Waals surface area contributed by atoms with Gasteiger partial charge in [0.15, 0.2) is 0 Å². The summed E-state index contributed by atoms with van der Waals surface area (Å²) in [5.41, 5.74) is 6.95. The number of halogens is 2. The number of hydrogen-bond donors (Lipinski definition) is 1. The Balaban J connectivity index is 2.28. The summed E-state index contributed by atoms with van der Waals surface area (Å²) in [5, 5.41) is 0.626. The van der Waals surface area contributed by atoms with E-state index in [-0.39, 0.29) is 6.17 Å². The molecule has 3 nitrogen and oxygen atoms in total. The SMILES string of the molecule is NC1CCCN1c1cnc(Br)c(Cl)c1. The molecule has 1 saturated heterocycles. The molecular formula is C9H11BrClN3. The highest BCUT2D eigenvalue weighted by Crippen LogP contribution is 2.28. The van der Waals surface area contributed by atoms with Gasteiger partial charge in [-0.25, -0.2) is 4.98 Å². The van der Waals surface area contributed by atoms with Gasteiger partial charge in [0.25, 0.3) is 0 Å². The molecule has 14 heavy (non-hydrogen) atoms. The number of rotatable bonds is 1. The maximum absolute atomic E-state index is 5.96. The van der Waals surface area contributed by atoms with Gasteiger partial charge in [-0.3, -0.25) is 0 Å². The van der Waals surface area contributed by atoms with Gasteiger partial charge in [0.2, 0.25) is 0 Å². The smallest absolute Gasteiger partial charge is 0.124 e. The van der Waals surface area contributed by atoms with Crippen molar-refractivity contribution in [1.82, 2.24) is 4.98 Å². The van der Waals surface area contributed by atoms with Gasteiger partial charge in [-0.05, 0) is 34.8 Å². The average Bonchev–Trinajstić information content (AvgIpc) is 2.57. The number of hydrogen-bond acceptors (Lipinski definition) is 3. The summed E-state index contributed by atoms with van der Waals surface area (Å²) in [7, 11) is 0. The Morgan fingerprint density at radius 1 is 1.64 bits per heavy atom. The molecule has 0 saturated carbocycles. The molecule has 2 rings (SSSR count). The van der Waals surface area contributed by atoms with E-state index in [0.29, 0.717) is 9.63 Å². The van der Waals surface area contributed by atoms with Crippen molar-refractivity contribution in [1.29, 1.82) is 0 Å². The van der Waals surface area contributed by atoms with Gasteiger partial charge in [0, 0.05) is 6.54 Å². The minimum absolute atomic E-state index is 0.106. The van der Waals surface area contributed by atoms with Crippen LogP contribution < -0.4 is 10.6 Å². The van der Waals surface area contributed by atoms with Gasteiger partial charge in [-0.15, -0.1) is 0 Å². The first kappa shape index (κ1) is 10.2. The molecule has 0 aliphatic carbocycles. The molecule has 1 aromatic heterocycles. The van der Waals surface area contributed by atoms with Crippen LogP contribution in [0.25, 0.3) is 0 Å². The van der Waals surface area contributed by atoms with Gasteiger partial charge >= 0.3 is 0 Å². The lowest BCUT2D eigenvalue weighted by molar-refractivity contribution is 0.700. The zero-order valence-corrected chi connectivity index (χ0v) is 9.92. The van der Waals surface area contributed by atoms with Gasteiger partial charge < -0.3 is 10.6 Å². The van der Waals surface area contributed by atoms with Gasteiger partial charge in [-0.1, -0.05) is 11.6 Å². The van der Waals surface area contributed by atoms with Crippen molar-refractivity contribution in [3.8, 4) is 0 Å². The highest BCUT2D eigenvalue weighted by Gasteiger charge is 2.21. The van der Waals surface area contributed by atoms with E-state index in [1.165, 1.54) is 0 Å². The fourth-order valence-corrected chi connectivity index (χ4v) is 2.06. The van der Waals surface area contributed by atoms with Crippen LogP contribution in [0.4, 0.5) is 5.69 Å². The molecule has 0 radical (unpaired) electrons. The van der Waals surface area contributed by atoms with E-state index in [9.17, 15) is 0 Å². The molecule has 0 spiro atoms. The Bertz CT molecular complexity index is 345. The standard InChI is InChI=1S/C9H11BrClN3/c10-9-7(11)4-6(5-13-9)14-3-1-2-8(14)12/h4-5,8H,1-3,12H2. The lowest BCUT2D eigenvalue weighted by atomic mass is 10.3. The molecule has 0 bridgehead atoms. The molecule has 2 N–H and O–H groups in total. The maximum Gasteiger partial charge on any atom is 0.124 e. The van der Waals surface area contributed by atoms with E-state index in [4.69, 9.17) is 17.3 Å². The van der Waals surface area contributed by atoms with Gasteiger partial charge in [0.1, 0.15) is 4.60 Å². The Hall–Kier alpha value is -0.320. The van der Waals surface area contributed by atoms with E-state index in [2.05, 4.69) is 25.8 Å². The molecule has 1 aromatic rings. The Labute approximate surface area is 96.4 Å². The minimum Gasteiger partial charge on any atom is -0.355 e. The van der Waals surface area contributed by atoms with E-state index in [1.54, 1.807) is 6.20 Å². The van der Waals surface area contributed by atoms with Crippen LogP contribution in [0.5, 0.6) is 0 Å². The molecule has 0 aromatic carbocycles. The predicted molar refractivity (Wildman–Crippen MR) is 61.5 cm³/mol. The van der Waals surface area contributed by atoms with Crippen LogP contribution in [0.2, 0.25) is 5.02 Å². The lowest BCUT2D eigenvalue weighted by Gasteiger charge is -2.23. The Morgan fingerprint density at radius 3 is 3.00 bits per heavy atom. The summed E-state index contributed by atoms with van der Waals surface area (Å²) in [4.78, 5) is 6.28. The molecule has 1 aliphatic heterocycles. The van der Waals surface area contributed by atoms with Crippen molar-refractivity contribution in [2.75, 3.05) is 11.4 Å². The molecule has 0 amide bonds. The van der Waals surface area contributed by atoms with Crippen LogP contribution in [-0.2, 0) is 0 Å². The van der Waals surface area contributed by atoms with E-state index in [0.717, 1.165) is 25.1 Å². The monoisotopic (exact) mass is 275 g/mol. The third-order valence-electron chi connectivity index (χ3n) is 2.41. The third-order valence-corrected chi connectivity index (χ3v) is 3.56. The number of nitrogens with two attached hydrogens (primary N) is 1. The fourth-order valence-electron chi connectivity index (χ4n) is 1.68. The second kappa shape index (κ2) is 4.04. The molecule has 2 heterocycles. The largest absolute Gasteiger partial charge is 0.355 e. The highest BCUT2D eigenvalue weighted by molar-refractivity contribution is 9.10. The fraction of sp³-hybridized carbons (Fsp3) is 0.444. The Kier molecular flexibility index (Phi) is 2.95. The summed E-state index contributed by atoms with van der Waals surface area (Å²) in [6, 6.07) is 1.89. The van der Waals surface area contributed by atoms with E-state index < -0.39 is 0 Å². The normalized spacial score (nSPS) is 21.6. The highest BCUT2D eigenvalue weighted by atomic mass is 79.9. The number of anilines is 1. The zero-order chi connectivity index (χ0) is 10.1. The predicted octanol–water partition coefficient (Wildman–Crippen LogP) is 2.38. The van der Waals surface area contributed by atoms with E-state index in [1.807, 2.05) is 6.07 Å². The van der Waals surface area contributed by atoms with Crippen molar-refractivity contribution in [2.24, 2.45) is 5.73 Å². The topological polar surface area (TPSA) is 42.1 Å². The van der Waals surface area contributed by atoms with Crippen molar-refractivity contribution >= 4 is 33.2 Å². The first-order chi connectivity index (χ1) is 6.68. The van der Waals surface area contributed by atoms with Crippen LogP contribution in [0.1, 0.15) is 12.8 Å². The van der Waals surface area contributed by atoms with Crippen molar-refractivity contribution in [3.63, 3.8) is 0 Å². The second-order valence-corrected chi connectivity index (χ2v) is 4.53. The first-order valence-electron chi connectivity index (χ1n) is 4.52. The maximum atomic E-state index is 5.96. The molecule has 1 unspecified atom stereocenters. The molecule has 1 atom stereocenters. The van der Waals surface area contributed by atoms with Crippen LogP contribution in [0, 0.1) is 0 Å². The lowest BCUT2D eigenvalue weighted by Crippen LogP contribution is -2.36. The quantitative estimate of drug-likeness (QED) is 0.801.